The van der Waals surface area contributed by atoms with Crippen LogP contribution < -0.4 is 10.2 Å². The van der Waals surface area contributed by atoms with Crippen molar-refractivity contribution in [1.82, 2.24) is 9.97 Å². The van der Waals surface area contributed by atoms with Gasteiger partial charge in [-0.2, -0.15) is 4.90 Å². The van der Waals surface area contributed by atoms with Gasteiger partial charge in [-0.05, 0) is 95.1 Å². The van der Waals surface area contributed by atoms with Gasteiger partial charge >= 0.3 is 23.8 Å². The van der Waals surface area contributed by atoms with Gasteiger partial charge in [0.05, 0.1) is 28.6 Å². The van der Waals surface area contributed by atoms with E-state index in [0.717, 1.165) is 7.11 Å². The van der Waals surface area contributed by atoms with E-state index in [1.807, 2.05) is 0 Å². The van der Waals surface area contributed by atoms with E-state index in [4.69, 9.17) is 14.2 Å². The highest BCUT2D eigenvalue weighted by molar-refractivity contribution is 6.09. The number of anilines is 3. The quantitative estimate of drug-likeness (QED) is 0.0965. The minimum Gasteiger partial charge on any atom is -0.465 e. The Hall–Kier alpha value is -5.66. The fraction of sp³-hybridized carbons (Fsp3) is 0.281. The summed E-state index contributed by atoms with van der Waals surface area (Å²) < 4.78 is 30.6. The lowest BCUT2D eigenvalue weighted by Gasteiger charge is -2.28. The number of nitro benzene ring substituents is 1. The molecule has 2 aromatic heterocycles. The molecule has 1 N–H and O–H groups in total. The van der Waals surface area contributed by atoms with Crippen LogP contribution in [0.1, 0.15) is 51.9 Å². The van der Waals surface area contributed by atoms with Gasteiger partial charge < -0.3 is 19.5 Å². The number of pyridine rings is 2. The van der Waals surface area contributed by atoms with E-state index in [-0.39, 0.29) is 33.7 Å². The van der Waals surface area contributed by atoms with E-state index >= 15 is 0 Å². The third kappa shape index (κ3) is 7.52. The lowest BCUT2D eigenvalue weighted by Crippen LogP contribution is -2.44. The SMILES string of the molecule is COC(=O)c1cc(-c2ccnc(N(C(=O)OC(C)(C)C)C(=O)OC(C)(C)C)c2)cc(Nc2ccnc3cccc(F)c23)c1[N+](=O)[O-]. The number of halogens is 1. The Morgan fingerprint density at radius 2 is 1.50 bits per heavy atom. The third-order valence-corrected chi connectivity index (χ3v) is 6.14. The molecule has 0 saturated carbocycles. The number of nitrogens with zero attached hydrogens (tertiary/aromatic N) is 4. The van der Waals surface area contributed by atoms with Gasteiger partial charge in [0, 0.05) is 12.4 Å². The number of benzene rings is 2. The van der Waals surface area contributed by atoms with Crippen LogP contribution >= 0.6 is 0 Å². The number of carbonyl (C=O) groups excluding carboxylic acids is 3. The molecule has 2 amide bonds. The van der Waals surface area contributed by atoms with Crippen molar-refractivity contribution in [3.05, 3.63) is 82.4 Å². The summed E-state index contributed by atoms with van der Waals surface area (Å²) in [6.45, 7) is 9.75. The van der Waals surface area contributed by atoms with E-state index in [0.29, 0.717) is 10.4 Å². The normalized spacial score (nSPS) is 11.5. The predicted octanol–water partition coefficient (Wildman–Crippen LogP) is 7.55. The van der Waals surface area contributed by atoms with E-state index in [2.05, 4.69) is 15.3 Å². The van der Waals surface area contributed by atoms with E-state index < -0.39 is 51.3 Å². The molecule has 13 nitrogen and oxygen atoms in total. The first-order valence-electron chi connectivity index (χ1n) is 13.9. The number of amides is 2. The maximum Gasteiger partial charge on any atom is 0.425 e. The largest absolute Gasteiger partial charge is 0.465 e. The van der Waals surface area contributed by atoms with Gasteiger partial charge in [0.1, 0.15) is 34.1 Å². The van der Waals surface area contributed by atoms with Crippen molar-refractivity contribution < 1.29 is 37.9 Å². The number of fused-ring (bicyclic) bond motifs is 1. The van der Waals surface area contributed by atoms with Gasteiger partial charge in [0.15, 0.2) is 0 Å². The molecule has 0 atom stereocenters. The number of nitro groups is 1. The smallest absolute Gasteiger partial charge is 0.425 e. The van der Waals surface area contributed by atoms with Crippen molar-refractivity contribution in [3.63, 3.8) is 0 Å². The van der Waals surface area contributed by atoms with Crippen LogP contribution in [0.15, 0.2) is 60.9 Å². The van der Waals surface area contributed by atoms with Crippen molar-refractivity contribution in [3.8, 4) is 11.1 Å². The van der Waals surface area contributed by atoms with E-state index in [1.54, 1.807) is 47.6 Å². The van der Waals surface area contributed by atoms with Crippen LogP contribution in [0.4, 0.5) is 36.9 Å². The fourth-order valence-corrected chi connectivity index (χ4v) is 4.37. The summed E-state index contributed by atoms with van der Waals surface area (Å²) in [5, 5.41) is 15.3. The standard InChI is InChI=1S/C32H32FN5O8/c1-31(2,3)45-29(40)37(30(41)46-32(4,5)6)25-17-18(11-13-35-25)19-15-20(28(39)44-7)27(38(42)43)24(16-19)36-23-12-14-34-22-10-8-9-21(33)26(22)23/h8-17H,1-7H3,(H,34,36). The summed E-state index contributed by atoms with van der Waals surface area (Å²) >= 11 is 0. The third-order valence-electron chi connectivity index (χ3n) is 6.14. The zero-order chi connectivity index (χ0) is 34.0. The maximum atomic E-state index is 14.9. The molecular formula is C32H32FN5O8. The number of methoxy groups -OCH3 is 1. The van der Waals surface area contributed by atoms with Crippen LogP contribution in [0.3, 0.4) is 0 Å². The second kappa shape index (κ2) is 12.8. The Balaban J connectivity index is 1.91. The molecular weight excluding hydrogens is 601 g/mol. The van der Waals surface area contributed by atoms with Gasteiger partial charge in [0.25, 0.3) is 0 Å². The summed E-state index contributed by atoms with van der Waals surface area (Å²) in [5.41, 5.74) is -2.21. The van der Waals surface area contributed by atoms with Crippen LogP contribution in [0.2, 0.25) is 0 Å². The molecule has 2 aromatic carbocycles. The van der Waals surface area contributed by atoms with Crippen molar-refractivity contribution >= 4 is 51.9 Å². The molecule has 0 unspecified atom stereocenters. The van der Waals surface area contributed by atoms with Gasteiger partial charge in [-0.25, -0.2) is 23.8 Å². The van der Waals surface area contributed by atoms with E-state index in [9.17, 15) is 28.9 Å². The monoisotopic (exact) mass is 633 g/mol. The van der Waals surface area contributed by atoms with Gasteiger partial charge in [-0.1, -0.05) is 6.07 Å². The molecule has 0 aliphatic rings. The number of hydrogen-bond donors (Lipinski definition) is 1. The van der Waals surface area contributed by atoms with Crippen molar-refractivity contribution in [2.45, 2.75) is 52.7 Å². The van der Waals surface area contributed by atoms with Crippen LogP contribution in [-0.4, -0.2) is 51.4 Å². The van der Waals surface area contributed by atoms with Gasteiger partial charge in [0.2, 0.25) is 0 Å². The van der Waals surface area contributed by atoms with Crippen LogP contribution in [0, 0.1) is 15.9 Å². The molecule has 2 heterocycles. The first-order valence-corrected chi connectivity index (χ1v) is 13.9. The molecule has 0 saturated heterocycles. The summed E-state index contributed by atoms with van der Waals surface area (Å²) in [6, 6.07) is 11.1. The Morgan fingerprint density at radius 3 is 2.09 bits per heavy atom. The number of carbonyl (C=O) groups is 3. The summed E-state index contributed by atoms with van der Waals surface area (Å²) in [7, 11) is 1.07. The number of ether oxygens (including phenoxy) is 3. The predicted molar refractivity (Wildman–Crippen MR) is 168 cm³/mol. The molecule has 240 valence electrons. The summed E-state index contributed by atoms with van der Waals surface area (Å²) in [5.74, 6) is -1.82. The number of hydrogen-bond acceptors (Lipinski definition) is 11. The number of nitrogens with one attached hydrogen (secondary N) is 1. The zero-order valence-electron chi connectivity index (χ0n) is 26.2. The lowest BCUT2D eigenvalue weighted by molar-refractivity contribution is -0.384. The lowest BCUT2D eigenvalue weighted by atomic mass is 10.00. The van der Waals surface area contributed by atoms with E-state index in [1.165, 1.54) is 54.9 Å². The van der Waals surface area contributed by atoms with Crippen molar-refractivity contribution in [1.29, 1.82) is 0 Å². The average molecular weight is 634 g/mol. The molecule has 0 fully saturated rings. The van der Waals surface area contributed by atoms with Crippen molar-refractivity contribution in [2.24, 2.45) is 0 Å². The molecule has 0 bridgehead atoms. The highest BCUT2D eigenvalue weighted by Crippen LogP contribution is 2.39. The molecule has 14 heteroatoms. The van der Waals surface area contributed by atoms with Crippen molar-refractivity contribution in [2.75, 3.05) is 17.3 Å². The molecule has 46 heavy (non-hydrogen) atoms. The fourth-order valence-electron chi connectivity index (χ4n) is 4.37. The number of imide groups is 1. The first-order chi connectivity index (χ1) is 21.5. The van der Waals surface area contributed by atoms with Crippen LogP contribution in [0.25, 0.3) is 22.0 Å². The highest BCUT2D eigenvalue weighted by Gasteiger charge is 2.34. The van der Waals surface area contributed by atoms with Gasteiger partial charge in [-0.3, -0.25) is 15.1 Å². The van der Waals surface area contributed by atoms with Gasteiger partial charge in [-0.15, -0.1) is 0 Å². The zero-order valence-corrected chi connectivity index (χ0v) is 26.2. The first kappa shape index (κ1) is 33.2. The van der Waals surface area contributed by atoms with Crippen LogP contribution in [0.5, 0.6) is 0 Å². The molecule has 4 aromatic rings. The molecule has 0 aliphatic carbocycles. The Kier molecular flexibility index (Phi) is 9.21. The van der Waals surface area contributed by atoms with Crippen LogP contribution in [-0.2, 0) is 14.2 Å². The molecule has 4 rings (SSSR count). The molecule has 0 aliphatic heterocycles. The topological polar surface area (TPSA) is 163 Å². The minimum atomic E-state index is -1.06. The second-order valence-corrected chi connectivity index (χ2v) is 12.0. The minimum absolute atomic E-state index is 0.0703. The molecule has 0 radical (unpaired) electrons. The summed E-state index contributed by atoms with van der Waals surface area (Å²) in [4.78, 5) is 59.8. The Labute approximate surface area is 263 Å². The second-order valence-electron chi connectivity index (χ2n) is 12.0. The summed E-state index contributed by atoms with van der Waals surface area (Å²) in [6.07, 6.45) is 0.585. The Bertz CT molecular complexity index is 1820. The number of aromatic nitrogens is 2. The number of esters is 1. The Morgan fingerprint density at radius 1 is 0.870 bits per heavy atom. The average Bonchev–Trinajstić information content (AvgIpc) is 2.94. The number of rotatable bonds is 6. The highest BCUT2D eigenvalue weighted by atomic mass is 19.1. The maximum absolute atomic E-state index is 14.9. The molecule has 0 spiro atoms.